The Morgan fingerprint density at radius 2 is 1.31 bits per heavy atom. The van der Waals surface area contributed by atoms with Crippen LogP contribution >= 0.6 is 0 Å². The highest BCUT2D eigenvalue weighted by molar-refractivity contribution is 6.07. The van der Waals surface area contributed by atoms with Gasteiger partial charge in [0.15, 0.2) is 5.78 Å². The normalized spacial score (nSPS) is 11.9. The zero-order chi connectivity index (χ0) is 29.0. The second-order valence-electron chi connectivity index (χ2n) is 11.5. The number of ether oxygens (including phenoxy) is 1. The number of rotatable bonds is 7. The summed E-state index contributed by atoms with van der Waals surface area (Å²) in [6.45, 7) is 14.1. The average molecular weight is 528 g/mol. The van der Waals surface area contributed by atoms with E-state index in [0.29, 0.717) is 29.0 Å². The summed E-state index contributed by atoms with van der Waals surface area (Å²) in [6, 6.07) is 16.9. The number of phenolic OH excluding ortho intramolecular Hbond substituents is 1. The average Bonchev–Trinajstić information content (AvgIpc) is 2.86. The van der Waals surface area contributed by atoms with Gasteiger partial charge in [0.05, 0.1) is 12.2 Å². The van der Waals surface area contributed by atoms with Crippen molar-refractivity contribution in [2.75, 3.05) is 11.9 Å². The van der Waals surface area contributed by atoms with Crippen LogP contribution in [0.1, 0.15) is 96.2 Å². The van der Waals surface area contributed by atoms with Gasteiger partial charge in [-0.25, -0.2) is 4.79 Å². The number of phenols is 1. The van der Waals surface area contributed by atoms with Crippen molar-refractivity contribution in [2.45, 2.75) is 59.3 Å². The van der Waals surface area contributed by atoms with Crippen LogP contribution in [0.5, 0.6) is 5.75 Å². The van der Waals surface area contributed by atoms with Gasteiger partial charge < -0.3 is 15.2 Å². The van der Waals surface area contributed by atoms with Crippen LogP contribution in [-0.4, -0.2) is 29.4 Å². The Kier molecular flexibility index (Phi) is 8.80. The third-order valence-corrected chi connectivity index (χ3v) is 6.26. The van der Waals surface area contributed by atoms with Gasteiger partial charge >= 0.3 is 5.97 Å². The van der Waals surface area contributed by atoms with Crippen LogP contribution in [-0.2, 0) is 15.6 Å². The number of anilines is 1. The number of hydrogen-bond donors (Lipinski definition) is 2. The van der Waals surface area contributed by atoms with E-state index in [0.717, 1.165) is 16.7 Å². The molecular formula is C33H37NO5. The smallest absolute Gasteiger partial charge is 0.338 e. The Labute approximate surface area is 230 Å². The van der Waals surface area contributed by atoms with E-state index in [1.165, 1.54) is 6.08 Å². The number of benzene rings is 3. The molecule has 1 amide bonds. The lowest BCUT2D eigenvalue weighted by atomic mass is 9.78. The monoisotopic (exact) mass is 527 g/mol. The molecule has 0 aliphatic carbocycles. The highest BCUT2D eigenvalue weighted by Crippen LogP contribution is 2.40. The highest BCUT2D eigenvalue weighted by atomic mass is 16.5. The lowest BCUT2D eigenvalue weighted by Gasteiger charge is -2.27. The summed E-state index contributed by atoms with van der Waals surface area (Å²) in [6.07, 6.45) is 3.21. The van der Waals surface area contributed by atoms with Gasteiger partial charge in [-0.1, -0.05) is 59.8 Å². The summed E-state index contributed by atoms with van der Waals surface area (Å²) in [5.41, 5.74) is 3.52. The highest BCUT2D eigenvalue weighted by Gasteiger charge is 2.27. The molecule has 0 aliphatic rings. The lowest BCUT2D eigenvalue weighted by Crippen LogP contribution is -2.18. The van der Waals surface area contributed by atoms with Gasteiger partial charge in [-0.2, -0.15) is 0 Å². The Hall–Kier alpha value is -4.19. The molecule has 0 spiro atoms. The lowest BCUT2D eigenvalue weighted by molar-refractivity contribution is 0.0526. The van der Waals surface area contributed by atoms with Gasteiger partial charge in [0.1, 0.15) is 5.75 Å². The van der Waals surface area contributed by atoms with E-state index in [4.69, 9.17) is 4.74 Å². The van der Waals surface area contributed by atoms with Crippen molar-refractivity contribution in [3.8, 4) is 5.75 Å². The summed E-state index contributed by atoms with van der Waals surface area (Å²) >= 11 is 0. The maximum Gasteiger partial charge on any atom is 0.338 e. The van der Waals surface area contributed by atoms with Crippen molar-refractivity contribution in [3.05, 3.63) is 100 Å². The third-order valence-electron chi connectivity index (χ3n) is 6.26. The van der Waals surface area contributed by atoms with E-state index in [1.807, 2.05) is 41.5 Å². The minimum atomic E-state index is -0.410. The number of allylic oxidation sites excluding steroid dienone is 1. The van der Waals surface area contributed by atoms with E-state index >= 15 is 0 Å². The number of carbonyl (C=O) groups excluding carboxylic acids is 3. The Bertz CT molecular complexity index is 1350. The van der Waals surface area contributed by atoms with Gasteiger partial charge in [0.2, 0.25) is 0 Å². The molecule has 0 radical (unpaired) electrons. The molecule has 0 atom stereocenters. The fraction of sp³-hybridized carbons (Fsp3) is 0.303. The van der Waals surface area contributed by atoms with Gasteiger partial charge in [0, 0.05) is 27.9 Å². The van der Waals surface area contributed by atoms with E-state index < -0.39 is 5.97 Å². The van der Waals surface area contributed by atoms with Crippen LogP contribution in [0.4, 0.5) is 5.69 Å². The van der Waals surface area contributed by atoms with Crippen LogP contribution in [0.25, 0.3) is 6.08 Å². The van der Waals surface area contributed by atoms with Crippen molar-refractivity contribution >= 4 is 29.4 Å². The predicted octanol–water partition coefficient (Wildman–Crippen LogP) is 7.31. The number of aromatic hydroxyl groups is 1. The quantitative estimate of drug-likeness (QED) is 0.191. The fourth-order valence-electron chi connectivity index (χ4n) is 4.04. The molecule has 3 rings (SSSR count). The van der Waals surface area contributed by atoms with Crippen LogP contribution < -0.4 is 5.32 Å². The van der Waals surface area contributed by atoms with Crippen LogP contribution in [0.2, 0.25) is 0 Å². The summed E-state index contributed by atoms with van der Waals surface area (Å²) in [7, 11) is 0. The number of esters is 1. The molecule has 3 aromatic rings. The molecule has 0 aromatic heterocycles. The molecule has 0 fully saturated rings. The maximum absolute atomic E-state index is 13.1. The van der Waals surface area contributed by atoms with E-state index in [-0.39, 0.29) is 28.3 Å². The van der Waals surface area contributed by atoms with Gasteiger partial charge in [-0.15, -0.1) is 0 Å². The van der Waals surface area contributed by atoms with Crippen molar-refractivity contribution < 1.29 is 24.2 Å². The zero-order valence-corrected chi connectivity index (χ0v) is 23.7. The molecule has 204 valence electrons. The summed E-state index contributed by atoms with van der Waals surface area (Å²) in [5, 5.41) is 13.7. The minimum absolute atomic E-state index is 0.168. The van der Waals surface area contributed by atoms with Gasteiger partial charge in [-0.3, -0.25) is 9.59 Å². The number of ketones is 1. The molecule has 0 unspecified atom stereocenters. The van der Waals surface area contributed by atoms with E-state index in [2.05, 4.69) is 5.32 Å². The summed E-state index contributed by atoms with van der Waals surface area (Å²) < 4.78 is 4.97. The molecule has 0 heterocycles. The second kappa shape index (κ2) is 11.7. The van der Waals surface area contributed by atoms with Crippen LogP contribution in [0.15, 0.2) is 66.7 Å². The first-order chi connectivity index (χ1) is 18.2. The first kappa shape index (κ1) is 29.4. The number of carbonyl (C=O) groups is 3. The summed E-state index contributed by atoms with van der Waals surface area (Å²) in [5.74, 6) is -0.635. The van der Waals surface area contributed by atoms with E-state index in [9.17, 15) is 19.5 Å². The molecule has 3 aromatic carbocycles. The number of hydrogen-bond acceptors (Lipinski definition) is 5. The Morgan fingerprint density at radius 3 is 1.79 bits per heavy atom. The number of nitrogens with one attached hydrogen (secondary N) is 1. The maximum atomic E-state index is 13.1. The molecular weight excluding hydrogens is 490 g/mol. The topological polar surface area (TPSA) is 92.7 Å². The first-order valence-electron chi connectivity index (χ1n) is 13.0. The fourth-order valence-corrected chi connectivity index (χ4v) is 4.04. The third kappa shape index (κ3) is 7.44. The van der Waals surface area contributed by atoms with Gasteiger partial charge in [-0.05, 0) is 77.9 Å². The standard InChI is InChI=1S/C33H37NO5/c1-8-39-31(38)23-14-16-25(17-15-23)34-30(37)22-12-9-21(10-13-22)11-18-28(35)24-19-26(32(2,3)4)29(36)27(20-24)33(5,6)7/h9-20,36H,8H2,1-7H3,(H,34,37). The van der Waals surface area contributed by atoms with Crippen molar-refractivity contribution in [1.82, 2.24) is 0 Å². The van der Waals surface area contributed by atoms with Crippen molar-refractivity contribution in [1.29, 1.82) is 0 Å². The molecule has 0 aliphatic heterocycles. The molecule has 6 heteroatoms. The molecule has 0 bridgehead atoms. The van der Waals surface area contributed by atoms with Crippen molar-refractivity contribution in [3.63, 3.8) is 0 Å². The van der Waals surface area contributed by atoms with Crippen LogP contribution in [0.3, 0.4) is 0 Å². The predicted molar refractivity (Wildman–Crippen MR) is 156 cm³/mol. The largest absolute Gasteiger partial charge is 0.507 e. The summed E-state index contributed by atoms with van der Waals surface area (Å²) in [4.78, 5) is 37.5. The minimum Gasteiger partial charge on any atom is -0.507 e. The zero-order valence-electron chi connectivity index (χ0n) is 23.7. The Balaban J connectivity index is 1.73. The molecule has 0 saturated carbocycles. The molecule has 0 saturated heterocycles. The molecule has 6 nitrogen and oxygen atoms in total. The molecule has 39 heavy (non-hydrogen) atoms. The van der Waals surface area contributed by atoms with E-state index in [1.54, 1.807) is 73.7 Å². The second-order valence-corrected chi connectivity index (χ2v) is 11.5. The Morgan fingerprint density at radius 1 is 0.795 bits per heavy atom. The number of amides is 1. The van der Waals surface area contributed by atoms with Crippen LogP contribution in [0, 0.1) is 0 Å². The SMILES string of the molecule is CCOC(=O)c1ccc(NC(=O)c2ccc(C=CC(=O)c3cc(C(C)(C)C)c(O)c(C(C)(C)C)c3)cc2)cc1. The van der Waals surface area contributed by atoms with Crippen molar-refractivity contribution in [2.24, 2.45) is 0 Å². The first-order valence-corrected chi connectivity index (χ1v) is 13.0. The molecule has 2 N–H and O–H groups in total. The van der Waals surface area contributed by atoms with Gasteiger partial charge in [0.25, 0.3) is 5.91 Å².